The molecular weight excluding hydrogens is 805 g/mol. The van der Waals surface area contributed by atoms with Crippen molar-refractivity contribution in [1.82, 2.24) is 14.9 Å². The van der Waals surface area contributed by atoms with Crippen molar-refractivity contribution in [2.45, 2.75) is 103 Å². The molecular formula is C48H56N4O9Si. The summed E-state index contributed by atoms with van der Waals surface area (Å²) >= 11 is 0. The van der Waals surface area contributed by atoms with Gasteiger partial charge in [0.15, 0.2) is 25.6 Å². The molecule has 3 atom stereocenters. The molecule has 3 heterocycles. The van der Waals surface area contributed by atoms with E-state index in [1.807, 2.05) is 0 Å². The van der Waals surface area contributed by atoms with Crippen molar-refractivity contribution in [3.8, 4) is 17.2 Å². The minimum absolute atomic E-state index is 0.0300. The number of benzene rings is 5. The number of aromatic nitrogens is 2. The van der Waals surface area contributed by atoms with Gasteiger partial charge in [0.25, 0.3) is 0 Å². The first-order valence-corrected chi connectivity index (χ1v) is 24.6. The number of carbonyl (C=O) groups is 2. The van der Waals surface area contributed by atoms with Crippen LogP contribution in [-0.2, 0) is 29.9 Å². The standard InChI is InChI=1S/C48H56N4O9Si/c1-7-8-9-16-41(53)58-29-39-37(61-62(5,6)48(2,3)4)27-40(60-39)52-28-38-45(51-46(52)54)50-44-35(14-11-15-36(44)59-38)56-26-24-49-47(55)57-25-23-30-17-18-33-20-19-31-12-10-13-32-21-22-34(30)43(33)42(31)32/h10-15,17-22,28,37,39-40H,7-9,16,23-27,29H2,1-6H3,(H,49,55)(H,50,51,54)/t37-,39-,40-/m1/s1. The minimum atomic E-state index is -2.26. The Balaban J connectivity index is 0.859. The van der Waals surface area contributed by atoms with E-state index in [1.54, 1.807) is 24.4 Å². The average Bonchev–Trinajstić information content (AvgIpc) is 3.64. The summed E-state index contributed by atoms with van der Waals surface area (Å²) in [4.78, 5) is 43.1. The highest BCUT2D eigenvalue weighted by molar-refractivity contribution is 6.74. The van der Waals surface area contributed by atoms with E-state index in [9.17, 15) is 14.4 Å². The first-order valence-electron chi connectivity index (χ1n) is 21.7. The summed E-state index contributed by atoms with van der Waals surface area (Å²) in [6, 6.07) is 24.6. The zero-order valence-electron chi connectivity index (χ0n) is 36.4. The van der Waals surface area contributed by atoms with Crippen molar-refractivity contribution in [2.75, 3.05) is 31.7 Å². The zero-order valence-corrected chi connectivity index (χ0v) is 37.4. The van der Waals surface area contributed by atoms with Crippen LogP contribution in [0.3, 0.4) is 0 Å². The number of nitrogens with zero attached hydrogens (tertiary/aromatic N) is 2. The lowest BCUT2D eigenvalue weighted by Gasteiger charge is -2.39. The van der Waals surface area contributed by atoms with Crippen LogP contribution in [0, 0.1) is 0 Å². The number of unbranched alkanes of at least 4 members (excludes halogenated alkanes) is 2. The molecule has 5 aromatic carbocycles. The van der Waals surface area contributed by atoms with Gasteiger partial charge in [-0.3, -0.25) is 9.36 Å². The van der Waals surface area contributed by atoms with Crippen LogP contribution in [-0.4, -0.2) is 68.5 Å². The van der Waals surface area contributed by atoms with Crippen LogP contribution in [0.15, 0.2) is 83.8 Å². The van der Waals surface area contributed by atoms with E-state index in [0.717, 1.165) is 24.8 Å². The Morgan fingerprint density at radius 1 is 0.919 bits per heavy atom. The minimum Gasteiger partial charge on any atom is -0.489 e. The Hall–Kier alpha value is -5.70. The topological polar surface area (TPSA) is 148 Å². The van der Waals surface area contributed by atoms with Gasteiger partial charge in [-0.2, -0.15) is 4.98 Å². The fourth-order valence-corrected chi connectivity index (χ4v) is 9.36. The molecule has 2 N–H and O–H groups in total. The van der Waals surface area contributed by atoms with Crippen molar-refractivity contribution in [3.63, 3.8) is 0 Å². The number of anilines is 2. The molecule has 1 amide bonds. The Bertz CT molecular complexity index is 2620. The van der Waals surface area contributed by atoms with Gasteiger partial charge in [-0.25, -0.2) is 9.59 Å². The lowest BCUT2D eigenvalue weighted by atomic mass is 9.91. The predicted molar refractivity (Wildman–Crippen MR) is 243 cm³/mol. The van der Waals surface area contributed by atoms with Gasteiger partial charge < -0.3 is 38.7 Å². The van der Waals surface area contributed by atoms with Crippen molar-refractivity contribution in [2.24, 2.45) is 0 Å². The monoisotopic (exact) mass is 860 g/mol. The Morgan fingerprint density at radius 3 is 2.44 bits per heavy atom. The maximum atomic E-state index is 13.6. The molecule has 13 nitrogen and oxygen atoms in total. The number of nitrogens with one attached hydrogen (secondary N) is 2. The summed E-state index contributed by atoms with van der Waals surface area (Å²) in [6.45, 7) is 13.5. The number of carbonyl (C=O) groups excluding carboxylic acids is 2. The van der Waals surface area contributed by atoms with Gasteiger partial charge in [-0.1, -0.05) is 101 Å². The third kappa shape index (κ3) is 9.08. The molecule has 0 bridgehead atoms. The Morgan fingerprint density at radius 2 is 1.66 bits per heavy atom. The molecule has 326 valence electrons. The second kappa shape index (κ2) is 18.0. The van der Waals surface area contributed by atoms with Gasteiger partial charge in [0.2, 0.25) is 0 Å². The molecule has 8 rings (SSSR count). The van der Waals surface area contributed by atoms with Gasteiger partial charge in [0, 0.05) is 19.3 Å². The fourth-order valence-electron chi connectivity index (χ4n) is 8.00. The summed E-state index contributed by atoms with van der Waals surface area (Å²) in [7, 11) is -2.26. The second-order valence-electron chi connectivity index (χ2n) is 17.7. The van der Waals surface area contributed by atoms with Crippen LogP contribution >= 0.6 is 0 Å². The van der Waals surface area contributed by atoms with Gasteiger partial charge >= 0.3 is 17.8 Å². The van der Waals surface area contributed by atoms with Crippen molar-refractivity contribution in [1.29, 1.82) is 0 Å². The number of rotatable bonds is 16. The van der Waals surface area contributed by atoms with E-state index in [2.05, 4.69) is 111 Å². The summed E-state index contributed by atoms with van der Waals surface area (Å²) in [5.41, 5.74) is 1.08. The number of ether oxygens (including phenoxy) is 5. The quantitative estimate of drug-likeness (QED) is 0.0414. The first-order chi connectivity index (χ1) is 29.8. The molecule has 0 aliphatic carbocycles. The van der Waals surface area contributed by atoms with Crippen LogP contribution in [0.4, 0.5) is 16.3 Å². The molecule has 1 saturated heterocycles. The summed E-state index contributed by atoms with van der Waals surface area (Å²) < 4.78 is 38.1. The number of para-hydroxylation sites is 1. The van der Waals surface area contributed by atoms with Crippen molar-refractivity contribution >= 4 is 64.2 Å². The molecule has 2 aliphatic heterocycles. The first kappa shape index (κ1) is 43.0. The molecule has 6 aromatic rings. The number of hydrogen-bond donors (Lipinski definition) is 2. The predicted octanol–water partition coefficient (Wildman–Crippen LogP) is 10.1. The smallest absolute Gasteiger partial charge is 0.407 e. The number of alkyl carbamates (subject to hydrolysis) is 1. The van der Waals surface area contributed by atoms with Crippen LogP contribution < -0.4 is 25.8 Å². The lowest BCUT2D eigenvalue weighted by Crippen LogP contribution is -2.46. The highest BCUT2D eigenvalue weighted by atomic mass is 28.4. The van der Waals surface area contributed by atoms with E-state index in [0.29, 0.717) is 42.2 Å². The molecule has 62 heavy (non-hydrogen) atoms. The van der Waals surface area contributed by atoms with Gasteiger partial charge in [-0.05, 0) is 74.6 Å². The summed E-state index contributed by atoms with van der Waals surface area (Å²) in [5, 5.41) is 13.2. The number of esters is 1. The molecule has 1 fully saturated rings. The normalized spacial score (nSPS) is 17.4. The van der Waals surface area contributed by atoms with E-state index in [4.69, 9.17) is 28.1 Å². The maximum absolute atomic E-state index is 13.6. The second-order valence-corrected chi connectivity index (χ2v) is 22.4. The van der Waals surface area contributed by atoms with Crippen LogP contribution in [0.2, 0.25) is 18.1 Å². The van der Waals surface area contributed by atoms with Crippen molar-refractivity contribution < 1.29 is 37.7 Å². The fraction of sp³-hybridized carbons (Fsp3) is 0.417. The Labute approximate surface area is 362 Å². The molecule has 1 aromatic heterocycles. The van der Waals surface area contributed by atoms with Gasteiger partial charge in [0.1, 0.15) is 37.0 Å². The maximum Gasteiger partial charge on any atom is 0.407 e. The molecule has 0 saturated carbocycles. The number of fused-ring (bicyclic) bond motifs is 2. The van der Waals surface area contributed by atoms with Gasteiger partial charge in [0.05, 0.1) is 25.5 Å². The number of hydrogen-bond acceptors (Lipinski definition) is 11. The van der Waals surface area contributed by atoms with Crippen molar-refractivity contribution in [3.05, 3.63) is 95.0 Å². The molecule has 0 unspecified atom stereocenters. The zero-order chi connectivity index (χ0) is 43.6. The third-order valence-corrected chi connectivity index (χ3v) is 16.9. The Kier molecular flexibility index (Phi) is 12.4. The van der Waals surface area contributed by atoms with E-state index < -0.39 is 38.5 Å². The van der Waals surface area contributed by atoms with Crippen LogP contribution in [0.1, 0.15) is 71.6 Å². The molecule has 14 heteroatoms. The average molecular weight is 861 g/mol. The van der Waals surface area contributed by atoms with E-state index in [-0.39, 0.29) is 43.2 Å². The highest BCUT2D eigenvalue weighted by Crippen LogP contribution is 2.46. The number of amides is 1. The van der Waals surface area contributed by atoms with E-state index in [1.165, 1.54) is 36.9 Å². The largest absolute Gasteiger partial charge is 0.489 e. The summed E-state index contributed by atoms with van der Waals surface area (Å²) in [5.74, 6) is 1.22. The molecule has 0 radical (unpaired) electrons. The molecule has 2 aliphatic rings. The summed E-state index contributed by atoms with van der Waals surface area (Å²) in [6.07, 6.45) is 3.42. The highest BCUT2D eigenvalue weighted by Gasteiger charge is 2.46. The van der Waals surface area contributed by atoms with Crippen LogP contribution in [0.5, 0.6) is 17.2 Å². The molecule has 0 spiro atoms. The lowest BCUT2D eigenvalue weighted by molar-refractivity contribution is -0.150. The van der Waals surface area contributed by atoms with Crippen LogP contribution in [0.25, 0.3) is 32.3 Å². The SMILES string of the molecule is CCCCCC(=O)OC[C@H]1O[C@@H](n2cc3c(nc2=O)Nc2c(OCCNC(=O)OCCc4ccc5ccc6cccc7ccc4c5c67)cccc2O3)C[C@H]1O[Si](C)(C)C(C)(C)C. The van der Waals surface area contributed by atoms with Gasteiger partial charge in [-0.15, -0.1) is 0 Å². The third-order valence-electron chi connectivity index (χ3n) is 12.4. The van der Waals surface area contributed by atoms with E-state index >= 15 is 0 Å².